The number of unbranched alkanes of at least 4 members (excludes halogenated alkanes) is 22. The lowest BCUT2D eigenvalue weighted by atomic mass is 10.0. The number of nitrogens with zero attached hydrogens (tertiary/aromatic N) is 1. The number of carbonyl (C=O) groups is 2. The second-order valence-corrected chi connectivity index (χ2v) is 16.2. The number of carbonyl (C=O) groups excluding carboxylic acids is 2. The van der Waals surface area contributed by atoms with Gasteiger partial charge in [-0.05, 0) is 25.7 Å². The first-order chi connectivity index (χ1) is 23.5. The van der Waals surface area contributed by atoms with Crippen molar-refractivity contribution < 1.29 is 42.1 Å². The van der Waals surface area contributed by atoms with Crippen LogP contribution in [0, 0.1) is 0 Å². The van der Waals surface area contributed by atoms with E-state index in [2.05, 4.69) is 13.5 Å². The highest BCUT2D eigenvalue weighted by Crippen LogP contribution is 2.43. The predicted octanol–water partition coefficient (Wildman–Crippen LogP) is 10.6. The molecule has 0 radical (unpaired) electrons. The number of quaternary nitrogens is 1. The van der Waals surface area contributed by atoms with E-state index >= 15 is 0 Å². The Bertz CT molecular complexity index is 847. The summed E-state index contributed by atoms with van der Waals surface area (Å²) < 4.78 is 34.2. The summed E-state index contributed by atoms with van der Waals surface area (Å²) in [6, 6.07) is 0. The van der Waals surface area contributed by atoms with Crippen molar-refractivity contribution in [2.45, 2.75) is 180 Å². The van der Waals surface area contributed by atoms with Crippen LogP contribution < -0.4 is 0 Å². The number of phosphoric ester groups is 1. The number of rotatable bonds is 37. The molecule has 9 nitrogen and oxygen atoms in total. The maximum absolute atomic E-state index is 12.6. The van der Waals surface area contributed by atoms with E-state index in [1.165, 1.54) is 109 Å². The second-order valence-electron chi connectivity index (χ2n) is 14.8. The summed E-state index contributed by atoms with van der Waals surface area (Å²) in [7, 11) is 1.48. The second kappa shape index (κ2) is 32.6. The quantitative estimate of drug-likeness (QED) is 0.0222. The van der Waals surface area contributed by atoms with Gasteiger partial charge < -0.3 is 18.9 Å². The molecule has 0 spiro atoms. The Morgan fingerprint density at radius 1 is 0.653 bits per heavy atom. The molecule has 0 bridgehead atoms. The Hall–Kier alpha value is -1.25. The SMILES string of the molecule is C=CCCCCCCCCCCCCCCCC(=O)O[C@H](COC(=O)CCCCCCCCCCCC)COP(=O)(O)OCC[N+](C)(C)C. The molecule has 290 valence electrons. The molecule has 0 amide bonds. The average Bonchev–Trinajstić information content (AvgIpc) is 3.04. The van der Waals surface area contributed by atoms with E-state index < -0.39 is 26.5 Å². The number of allylic oxidation sites excluding steroid dienone is 1. The number of esters is 2. The minimum absolute atomic E-state index is 0.0340. The summed E-state index contributed by atoms with van der Waals surface area (Å²) in [5.74, 6) is -0.797. The van der Waals surface area contributed by atoms with Crippen LogP contribution in [0.15, 0.2) is 12.7 Å². The summed E-state index contributed by atoms with van der Waals surface area (Å²) in [5.41, 5.74) is 0. The Morgan fingerprint density at radius 2 is 1.08 bits per heavy atom. The third-order valence-corrected chi connectivity index (χ3v) is 9.68. The minimum Gasteiger partial charge on any atom is -0.462 e. The van der Waals surface area contributed by atoms with E-state index in [1.807, 2.05) is 27.2 Å². The Morgan fingerprint density at radius 3 is 1.53 bits per heavy atom. The van der Waals surface area contributed by atoms with Gasteiger partial charge in [0.1, 0.15) is 19.8 Å². The van der Waals surface area contributed by atoms with Crippen molar-refractivity contribution in [2.75, 3.05) is 47.5 Å². The molecule has 0 fully saturated rings. The molecule has 0 aromatic rings. The molecule has 0 aliphatic carbocycles. The van der Waals surface area contributed by atoms with Gasteiger partial charge in [0.25, 0.3) is 0 Å². The monoisotopic (exact) mass is 719 g/mol. The van der Waals surface area contributed by atoms with Gasteiger partial charge in [-0.2, -0.15) is 0 Å². The van der Waals surface area contributed by atoms with Gasteiger partial charge in [-0.3, -0.25) is 18.6 Å². The van der Waals surface area contributed by atoms with Crippen molar-refractivity contribution in [1.29, 1.82) is 0 Å². The lowest BCUT2D eigenvalue weighted by Crippen LogP contribution is -2.37. The van der Waals surface area contributed by atoms with Crippen LogP contribution >= 0.6 is 7.82 Å². The summed E-state index contributed by atoms with van der Waals surface area (Å²) in [4.78, 5) is 35.2. The van der Waals surface area contributed by atoms with Crippen molar-refractivity contribution in [2.24, 2.45) is 0 Å². The molecule has 10 heteroatoms. The molecule has 0 aliphatic heterocycles. The lowest BCUT2D eigenvalue weighted by Gasteiger charge is -2.24. The molecule has 0 rings (SSSR count). The van der Waals surface area contributed by atoms with Gasteiger partial charge in [-0.1, -0.05) is 141 Å². The molecule has 0 aliphatic rings. The van der Waals surface area contributed by atoms with Crippen LogP contribution in [0.2, 0.25) is 0 Å². The van der Waals surface area contributed by atoms with Crippen LogP contribution in [0.5, 0.6) is 0 Å². The smallest absolute Gasteiger partial charge is 0.462 e. The van der Waals surface area contributed by atoms with Gasteiger partial charge in [0.15, 0.2) is 6.10 Å². The highest BCUT2D eigenvalue weighted by molar-refractivity contribution is 7.47. The molecule has 1 N–H and O–H groups in total. The lowest BCUT2D eigenvalue weighted by molar-refractivity contribution is -0.870. The molecule has 0 aromatic carbocycles. The van der Waals surface area contributed by atoms with Crippen molar-refractivity contribution in [3.63, 3.8) is 0 Å². The highest BCUT2D eigenvalue weighted by atomic mass is 31.2. The predicted molar refractivity (Wildman–Crippen MR) is 201 cm³/mol. The normalized spacial score (nSPS) is 13.6. The van der Waals surface area contributed by atoms with Gasteiger partial charge in [0.05, 0.1) is 27.7 Å². The van der Waals surface area contributed by atoms with E-state index in [0.29, 0.717) is 23.9 Å². The summed E-state index contributed by atoms with van der Waals surface area (Å²) in [5, 5.41) is 0. The van der Waals surface area contributed by atoms with Crippen molar-refractivity contribution in [3.8, 4) is 0 Å². The number of phosphoric acid groups is 1. The molecule has 2 atom stereocenters. The molecule has 49 heavy (non-hydrogen) atoms. The Balaban J connectivity index is 4.36. The molecule has 0 saturated carbocycles. The molecular formula is C39H77NO8P+. The first-order valence-corrected chi connectivity index (χ1v) is 21.4. The average molecular weight is 719 g/mol. The van der Waals surface area contributed by atoms with E-state index in [-0.39, 0.29) is 25.6 Å². The fraction of sp³-hybridized carbons (Fsp3) is 0.897. The highest BCUT2D eigenvalue weighted by Gasteiger charge is 2.27. The summed E-state index contributed by atoms with van der Waals surface area (Å²) in [6.45, 7) is 5.93. The number of hydrogen-bond acceptors (Lipinski definition) is 7. The zero-order valence-corrected chi connectivity index (χ0v) is 33.2. The zero-order chi connectivity index (χ0) is 36.5. The number of hydrogen-bond donors (Lipinski definition) is 1. The first kappa shape index (κ1) is 47.8. The molecule has 0 saturated heterocycles. The first-order valence-electron chi connectivity index (χ1n) is 19.9. The van der Waals surface area contributed by atoms with Crippen LogP contribution in [0.3, 0.4) is 0 Å². The molecule has 0 aromatic heterocycles. The molecule has 0 heterocycles. The minimum atomic E-state index is -4.36. The van der Waals surface area contributed by atoms with E-state index in [1.54, 1.807) is 0 Å². The summed E-state index contributed by atoms with van der Waals surface area (Å²) >= 11 is 0. The number of ether oxygens (including phenoxy) is 2. The van der Waals surface area contributed by atoms with Crippen LogP contribution in [0.25, 0.3) is 0 Å². The van der Waals surface area contributed by atoms with Gasteiger partial charge in [0.2, 0.25) is 0 Å². The van der Waals surface area contributed by atoms with Crippen molar-refractivity contribution in [3.05, 3.63) is 12.7 Å². The van der Waals surface area contributed by atoms with Gasteiger partial charge in [-0.15, -0.1) is 6.58 Å². The van der Waals surface area contributed by atoms with E-state index in [4.69, 9.17) is 18.5 Å². The van der Waals surface area contributed by atoms with E-state index in [9.17, 15) is 19.0 Å². The summed E-state index contributed by atoms with van der Waals surface area (Å²) in [6.07, 6.45) is 30.0. The third-order valence-electron chi connectivity index (χ3n) is 8.69. The largest absolute Gasteiger partial charge is 0.472 e. The van der Waals surface area contributed by atoms with Crippen LogP contribution in [-0.2, 0) is 32.7 Å². The fourth-order valence-electron chi connectivity index (χ4n) is 5.52. The number of likely N-dealkylation sites (N-methyl/N-ethyl adjacent to an activating group) is 1. The van der Waals surface area contributed by atoms with Crippen molar-refractivity contribution >= 4 is 19.8 Å². The van der Waals surface area contributed by atoms with Gasteiger partial charge >= 0.3 is 19.8 Å². The Labute approximate surface area is 301 Å². The van der Waals surface area contributed by atoms with Crippen LogP contribution in [0.4, 0.5) is 0 Å². The topological polar surface area (TPSA) is 108 Å². The standard InChI is InChI=1S/C39H76NO8P/c1-6-8-10-12-14-16-18-19-20-21-22-24-26-28-30-32-39(42)48-37(36-47-49(43,44)46-34-33-40(3,4)5)35-45-38(41)31-29-27-25-23-17-15-13-11-9-7-2/h6,37H,1,7-36H2,2-5H3/p+1/t37-/m1/s1. The molecular weight excluding hydrogens is 641 g/mol. The molecule has 1 unspecified atom stereocenters. The van der Waals surface area contributed by atoms with Crippen LogP contribution in [0.1, 0.15) is 174 Å². The zero-order valence-electron chi connectivity index (χ0n) is 32.3. The third kappa shape index (κ3) is 36.3. The van der Waals surface area contributed by atoms with Gasteiger partial charge in [0, 0.05) is 12.8 Å². The van der Waals surface area contributed by atoms with Crippen LogP contribution in [-0.4, -0.2) is 74.9 Å². The fourth-order valence-corrected chi connectivity index (χ4v) is 6.26. The van der Waals surface area contributed by atoms with Crippen molar-refractivity contribution in [1.82, 2.24) is 0 Å². The van der Waals surface area contributed by atoms with Gasteiger partial charge in [-0.25, -0.2) is 4.57 Å². The van der Waals surface area contributed by atoms with E-state index in [0.717, 1.165) is 38.5 Å². The Kier molecular flexibility index (Phi) is 31.8. The maximum Gasteiger partial charge on any atom is 0.472 e. The maximum atomic E-state index is 12.6.